The zero-order valence-electron chi connectivity index (χ0n) is 19.0. The number of hydrogen-bond acceptors (Lipinski definition) is 5. The average molecular weight is 442 g/mol. The summed E-state index contributed by atoms with van der Waals surface area (Å²) >= 11 is 0. The molecule has 0 bridgehead atoms. The van der Waals surface area contributed by atoms with Crippen LogP contribution in [-0.2, 0) is 19.1 Å². The topological polar surface area (TPSA) is 87.7 Å². The van der Waals surface area contributed by atoms with E-state index in [9.17, 15) is 14.4 Å². The summed E-state index contributed by atoms with van der Waals surface area (Å²) in [4.78, 5) is 38.7. The maximum absolute atomic E-state index is 12.7. The molecule has 1 aromatic rings. The number of nitrogens with one attached hydrogen (secondary N) is 2. The van der Waals surface area contributed by atoms with E-state index in [1.807, 2.05) is 12.1 Å². The van der Waals surface area contributed by atoms with E-state index in [2.05, 4.69) is 15.5 Å². The molecule has 3 rings (SSSR count). The molecule has 1 unspecified atom stereocenters. The molecule has 1 atom stereocenters. The first kappa shape index (κ1) is 24.0. The Labute approximate surface area is 190 Å². The van der Waals surface area contributed by atoms with Gasteiger partial charge >= 0.3 is 5.97 Å². The zero-order chi connectivity index (χ0) is 22.8. The van der Waals surface area contributed by atoms with Gasteiger partial charge in [-0.3, -0.25) is 14.5 Å². The predicted molar refractivity (Wildman–Crippen MR) is 125 cm³/mol. The van der Waals surface area contributed by atoms with Crippen molar-refractivity contribution in [1.29, 1.82) is 0 Å². The standard InChI is InChI=1S/C25H35N3O4/c1-2-32-24(30)15-12-19-10-13-22(14-11-19)26-23(29)18-28-16-6-7-20(17-28)25(31)27-21-8-4-3-5-9-21/h10-15,20-21H,2-9,16-18H2,1H3,(H,26,29)(H,27,31)/b15-12+. The molecule has 32 heavy (non-hydrogen) atoms. The van der Waals surface area contributed by atoms with Crippen molar-refractivity contribution in [3.8, 4) is 0 Å². The molecule has 1 saturated heterocycles. The molecule has 2 aliphatic rings. The Kier molecular flexibility index (Phi) is 9.28. The predicted octanol–water partition coefficient (Wildman–Crippen LogP) is 3.36. The number of likely N-dealkylation sites (tertiary alicyclic amines) is 1. The number of amides is 2. The van der Waals surface area contributed by atoms with Crippen molar-refractivity contribution in [3.63, 3.8) is 0 Å². The molecular weight excluding hydrogens is 406 g/mol. The zero-order valence-corrected chi connectivity index (χ0v) is 19.0. The second-order valence-corrected chi connectivity index (χ2v) is 8.67. The van der Waals surface area contributed by atoms with Crippen LogP contribution in [0.1, 0.15) is 57.4 Å². The van der Waals surface area contributed by atoms with Gasteiger partial charge in [0.05, 0.1) is 19.1 Å². The second-order valence-electron chi connectivity index (χ2n) is 8.67. The van der Waals surface area contributed by atoms with Gasteiger partial charge < -0.3 is 15.4 Å². The minimum Gasteiger partial charge on any atom is -0.463 e. The van der Waals surface area contributed by atoms with Gasteiger partial charge in [-0.15, -0.1) is 0 Å². The minimum atomic E-state index is -0.378. The summed E-state index contributed by atoms with van der Waals surface area (Å²) in [5.41, 5.74) is 1.55. The van der Waals surface area contributed by atoms with Gasteiger partial charge in [0, 0.05) is 24.4 Å². The fourth-order valence-electron chi connectivity index (χ4n) is 4.41. The Morgan fingerprint density at radius 3 is 2.53 bits per heavy atom. The molecule has 0 radical (unpaired) electrons. The molecule has 2 amide bonds. The highest BCUT2D eigenvalue weighted by molar-refractivity contribution is 5.92. The van der Waals surface area contributed by atoms with Gasteiger partial charge in [-0.1, -0.05) is 31.4 Å². The van der Waals surface area contributed by atoms with Gasteiger partial charge in [-0.25, -0.2) is 4.79 Å². The molecule has 1 heterocycles. The van der Waals surface area contributed by atoms with Crippen molar-refractivity contribution in [2.24, 2.45) is 5.92 Å². The van der Waals surface area contributed by atoms with Crippen LogP contribution < -0.4 is 10.6 Å². The number of hydrogen-bond donors (Lipinski definition) is 2. The third-order valence-electron chi connectivity index (χ3n) is 6.09. The normalized spacial score (nSPS) is 20.1. The van der Waals surface area contributed by atoms with Crippen LogP contribution in [0.3, 0.4) is 0 Å². The molecule has 174 valence electrons. The average Bonchev–Trinajstić information content (AvgIpc) is 2.79. The van der Waals surface area contributed by atoms with E-state index in [1.165, 1.54) is 25.3 Å². The molecule has 7 heteroatoms. The molecular formula is C25H35N3O4. The summed E-state index contributed by atoms with van der Waals surface area (Å²) in [5, 5.41) is 6.15. The van der Waals surface area contributed by atoms with Gasteiger partial charge in [-0.05, 0) is 62.9 Å². The molecule has 1 aliphatic carbocycles. The van der Waals surface area contributed by atoms with Crippen molar-refractivity contribution in [3.05, 3.63) is 35.9 Å². The van der Waals surface area contributed by atoms with Crippen LogP contribution in [0.5, 0.6) is 0 Å². The Morgan fingerprint density at radius 2 is 1.81 bits per heavy atom. The Morgan fingerprint density at radius 1 is 1.06 bits per heavy atom. The number of carbonyl (C=O) groups is 3. The number of ether oxygens (including phenoxy) is 1. The van der Waals surface area contributed by atoms with E-state index in [4.69, 9.17) is 4.74 Å². The van der Waals surface area contributed by atoms with Crippen LogP contribution in [0.2, 0.25) is 0 Å². The van der Waals surface area contributed by atoms with Crippen LogP contribution in [0.4, 0.5) is 5.69 Å². The van der Waals surface area contributed by atoms with Gasteiger partial charge in [0.1, 0.15) is 0 Å². The number of piperidine rings is 1. The number of carbonyl (C=O) groups excluding carboxylic acids is 3. The first-order valence-electron chi connectivity index (χ1n) is 11.8. The Balaban J connectivity index is 1.43. The van der Waals surface area contributed by atoms with Crippen LogP contribution in [0.25, 0.3) is 6.08 Å². The highest BCUT2D eigenvalue weighted by Crippen LogP contribution is 2.21. The smallest absolute Gasteiger partial charge is 0.330 e. The minimum absolute atomic E-state index is 0.0380. The Bertz CT molecular complexity index is 800. The molecule has 0 aromatic heterocycles. The van der Waals surface area contributed by atoms with Crippen LogP contribution in [0, 0.1) is 5.92 Å². The summed E-state index contributed by atoms with van der Waals surface area (Å²) in [7, 11) is 0. The van der Waals surface area contributed by atoms with Gasteiger partial charge in [0.2, 0.25) is 11.8 Å². The van der Waals surface area contributed by atoms with E-state index in [1.54, 1.807) is 25.1 Å². The monoisotopic (exact) mass is 441 g/mol. The van der Waals surface area contributed by atoms with E-state index in [-0.39, 0.29) is 30.2 Å². The van der Waals surface area contributed by atoms with Crippen LogP contribution in [-0.4, -0.2) is 55.0 Å². The summed E-state index contributed by atoms with van der Waals surface area (Å²) in [5.74, 6) is -0.359. The third-order valence-corrected chi connectivity index (χ3v) is 6.09. The summed E-state index contributed by atoms with van der Waals surface area (Å²) in [6.07, 6.45) is 10.7. The first-order valence-corrected chi connectivity index (χ1v) is 11.8. The van der Waals surface area contributed by atoms with Gasteiger partial charge in [0.15, 0.2) is 0 Å². The molecule has 1 saturated carbocycles. The largest absolute Gasteiger partial charge is 0.463 e. The number of nitrogens with zero attached hydrogens (tertiary/aromatic N) is 1. The van der Waals surface area contributed by atoms with Gasteiger partial charge in [0.25, 0.3) is 0 Å². The summed E-state index contributed by atoms with van der Waals surface area (Å²) in [6, 6.07) is 7.60. The number of benzene rings is 1. The lowest BCUT2D eigenvalue weighted by atomic mass is 9.93. The Hall–Kier alpha value is -2.67. The van der Waals surface area contributed by atoms with E-state index < -0.39 is 0 Å². The highest BCUT2D eigenvalue weighted by atomic mass is 16.5. The van der Waals surface area contributed by atoms with Crippen molar-refractivity contribution >= 4 is 29.5 Å². The molecule has 1 aromatic carbocycles. The second kappa shape index (κ2) is 12.4. The summed E-state index contributed by atoms with van der Waals surface area (Å²) in [6.45, 7) is 3.84. The van der Waals surface area contributed by atoms with Crippen molar-refractivity contribution in [2.75, 3.05) is 31.6 Å². The van der Waals surface area contributed by atoms with E-state index >= 15 is 0 Å². The lowest BCUT2D eigenvalue weighted by Gasteiger charge is -2.33. The third kappa shape index (κ3) is 7.79. The number of rotatable bonds is 8. The highest BCUT2D eigenvalue weighted by Gasteiger charge is 2.28. The number of anilines is 1. The molecule has 2 N–H and O–H groups in total. The van der Waals surface area contributed by atoms with E-state index in [0.717, 1.165) is 37.8 Å². The maximum Gasteiger partial charge on any atom is 0.330 e. The SMILES string of the molecule is CCOC(=O)/C=C/c1ccc(NC(=O)CN2CCCC(C(=O)NC3CCCCC3)C2)cc1. The van der Waals surface area contributed by atoms with Crippen molar-refractivity contribution in [1.82, 2.24) is 10.2 Å². The molecule has 1 aliphatic heterocycles. The van der Waals surface area contributed by atoms with Gasteiger partial charge in [-0.2, -0.15) is 0 Å². The lowest BCUT2D eigenvalue weighted by Crippen LogP contribution is -2.47. The van der Waals surface area contributed by atoms with Crippen LogP contribution in [0.15, 0.2) is 30.3 Å². The van der Waals surface area contributed by atoms with Crippen LogP contribution >= 0.6 is 0 Å². The lowest BCUT2D eigenvalue weighted by molar-refractivity contribution is -0.137. The van der Waals surface area contributed by atoms with Crippen molar-refractivity contribution in [2.45, 2.75) is 57.9 Å². The quantitative estimate of drug-likeness (QED) is 0.477. The molecule has 2 fully saturated rings. The fraction of sp³-hybridized carbons (Fsp3) is 0.560. The fourth-order valence-corrected chi connectivity index (χ4v) is 4.41. The molecule has 7 nitrogen and oxygen atoms in total. The molecule has 0 spiro atoms. The number of esters is 1. The first-order chi connectivity index (χ1) is 15.5. The summed E-state index contributed by atoms with van der Waals surface area (Å²) < 4.78 is 4.86. The van der Waals surface area contributed by atoms with Crippen molar-refractivity contribution < 1.29 is 19.1 Å². The van der Waals surface area contributed by atoms with E-state index in [0.29, 0.717) is 24.9 Å². The maximum atomic E-state index is 12.7.